The third-order valence-electron chi connectivity index (χ3n) is 9.45. The Morgan fingerprint density at radius 1 is 0.976 bits per heavy atom. The quantitative estimate of drug-likeness (QED) is 0.333. The van der Waals surface area contributed by atoms with Crippen molar-refractivity contribution in [3.8, 4) is 0 Å². The fraction of sp³-hybridized carbons (Fsp3) is 0.600. The molecule has 1 saturated carbocycles. The van der Waals surface area contributed by atoms with E-state index in [1.54, 1.807) is 4.90 Å². The number of rotatable bonds is 6. The first-order chi connectivity index (χ1) is 20.2. The maximum absolute atomic E-state index is 14.4. The van der Waals surface area contributed by atoms with E-state index in [9.17, 15) is 22.8 Å². The summed E-state index contributed by atoms with van der Waals surface area (Å²) in [5.74, 6) is -0.742. The molecule has 0 unspecified atom stereocenters. The summed E-state index contributed by atoms with van der Waals surface area (Å²) in [7, 11) is -4.14. The fourth-order valence-electron chi connectivity index (χ4n) is 7.13. The molecule has 9 nitrogen and oxygen atoms in total. The third-order valence-corrected chi connectivity index (χ3v) is 11.6. The predicted octanol–water partition coefficient (Wildman–Crippen LogP) is 5.02. The summed E-state index contributed by atoms with van der Waals surface area (Å²) in [6.45, 7) is 3.47. The van der Waals surface area contributed by atoms with Crippen molar-refractivity contribution in [2.24, 2.45) is 0 Å². The molecule has 6 rings (SSSR count). The van der Waals surface area contributed by atoms with Gasteiger partial charge in [-0.25, -0.2) is 17.6 Å². The Morgan fingerprint density at radius 2 is 1.67 bits per heavy atom. The minimum Gasteiger partial charge on any atom is -0.619 e. The molecule has 2 atom stereocenters. The lowest BCUT2D eigenvalue weighted by atomic mass is 9.90. The molecule has 4 fully saturated rings. The number of hydrogen-bond acceptors (Lipinski definition) is 6. The van der Waals surface area contributed by atoms with E-state index in [0.29, 0.717) is 61.0 Å². The van der Waals surface area contributed by atoms with E-state index in [0.717, 1.165) is 32.1 Å². The molecule has 0 N–H and O–H groups in total. The molecule has 3 aliphatic heterocycles. The van der Waals surface area contributed by atoms with E-state index in [-0.39, 0.29) is 10.5 Å². The minimum atomic E-state index is -4.14. The van der Waals surface area contributed by atoms with Gasteiger partial charge in [-0.2, -0.15) is 9.04 Å². The first-order valence-corrected chi connectivity index (χ1v) is 16.9. The average molecular weight is 621 g/mol. The van der Waals surface area contributed by atoms with Crippen LogP contribution in [0, 0.1) is 11.0 Å². The molecule has 12 heteroatoms. The van der Waals surface area contributed by atoms with Gasteiger partial charge in [-0.15, -0.1) is 0 Å². The molecule has 1 aromatic carbocycles. The number of sulfonamides is 1. The highest BCUT2D eigenvalue weighted by atomic mass is 35.5. The Labute approximate surface area is 251 Å². The van der Waals surface area contributed by atoms with Gasteiger partial charge in [0.1, 0.15) is 5.60 Å². The normalized spacial score (nSPS) is 25.7. The summed E-state index contributed by atoms with van der Waals surface area (Å²) in [5.41, 5.74) is -0.700. The van der Waals surface area contributed by atoms with Gasteiger partial charge in [0.15, 0.2) is 12.0 Å². The van der Waals surface area contributed by atoms with E-state index < -0.39 is 39.6 Å². The van der Waals surface area contributed by atoms with Crippen LogP contribution in [0.5, 0.6) is 0 Å². The van der Waals surface area contributed by atoms with Crippen LogP contribution in [-0.4, -0.2) is 72.5 Å². The van der Waals surface area contributed by atoms with Gasteiger partial charge in [-0.05, 0) is 101 Å². The number of nitrogens with zero attached hydrogens (tertiary/aromatic N) is 4. The molecular formula is C30H38ClFN4O5S. The summed E-state index contributed by atoms with van der Waals surface area (Å²) in [6, 6.07) is 6.15. The zero-order valence-electron chi connectivity index (χ0n) is 23.7. The molecular weight excluding hydrogens is 583 g/mol. The van der Waals surface area contributed by atoms with Gasteiger partial charge < -0.3 is 19.7 Å². The van der Waals surface area contributed by atoms with E-state index in [1.165, 1.54) is 60.1 Å². The molecule has 42 heavy (non-hydrogen) atoms. The molecule has 4 heterocycles. The van der Waals surface area contributed by atoms with Crippen LogP contribution < -0.4 is 4.73 Å². The van der Waals surface area contributed by atoms with E-state index in [1.807, 2.05) is 0 Å². The van der Waals surface area contributed by atoms with Crippen LogP contribution in [0.1, 0.15) is 75.8 Å². The van der Waals surface area contributed by atoms with Gasteiger partial charge in [0.05, 0.1) is 17.0 Å². The molecule has 4 aliphatic rings. The number of carbonyl (C=O) groups is 1. The highest BCUT2D eigenvalue weighted by Crippen LogP contribution is 2.52. The van der Waals surface area contributed by atoms with Crippen molar-refractivity contribution in [1.29, 1.82) is 0 Å². The van der Waals surface area contributed by atoms with Gasteiger partial charge in [-0.3, -0.25) is 0 Å². The summed E-state index contributed by atoms with van der Waals surface area (Å²) in [5, 5.41) is 12.6. The average Bonchev–Trinajstić information content (AvgIpc) is 3.77. The SMILES string of the molecule is O=C(OC1([C@H]2CCC[C@@H](c3cc(F)c[n+]([O-])c3)N2S(=O)(=O)c2ccc(Cl)cc2)CC1)N1CCC(N2CCCCC2)CC1. The lowest BCUT2D eigenvalue weighted by molar-refractivity contribution is -0.607. The number of amides is 1. The number of likely N-dealkylation sites (tertiary alicyclic amines) is 2. The smallest absolute Gasteiger partial charge is 0.410 e. The lowest BCUT2D eigenvalue weighted by Crippen LogP contribution is -2.55. The minimum absolute atomic E-state index is 0.0390. The second-order valence-electron chi connectivity index (χ2n) is 12.1. The Kier molecular flexibility index (Phi) is 8.39. The number of ether oxygens (including phenoxy) is 1. The third kappa shape index (κ3) is 5.98. The molecule has 228 valence electrons. The Morgan fingerprint density at radius 3 is 2.31 bits per heavy atom. The van der Waals surface area contributed by atoms with E-state index in [2.05, 4.69) is 4.90 Å². The number of carbonyl (C=O) groups excluding carboxylic acids is 1. The molecule has 1 aromatic heterocycles. The van der Waals surface area contributed by atoms with Crippen molar-refractivity contribution in [3.63, 3.8) is 0 Å². The maximum atomic E-state index is 14.4. The Balaban J connectivity index is 1.25. The van der Waals surface area contributed by atoms with Crippen LogP contribution in [0.3, 0.4) is 0 Å². The molecule has 0 bridgehead atoms. The first-order valence-electron chi connectivity index (χ1n) is 15.1. The van der Waals surface area contributed by atoms with E-state index >= 15 is 0 Å². The summed E-state index contributed by atoms with van der Waals surface area (Å²) in [6.07, 6.45) is 9.78. The number of hydrogen-bond donors (Lipinski definition) is 0. The van der Waals surface area contributed by atoms with Gasteiger partial charge in [-0.1, -0.05) is 18.0 Å². The topological polar surface area (TPSA) is 97.1 Å². The summed E-state index contributed by atoms with van der Waals surface area (Å²) >= 11 is 6.05. The lowest BCUT2D eigenvalue weighted by Gasteiger charge is -2.45. The van der Waals surface area contributed by atoms with Crippen molar-refractivity contribution < 1.29 is 27.1 Å². The fourth-order valence-corrected chi connectivity index (χ4v) is 9.18. The van der Waals surface area contributed by atoms with Crippen LogP contribution >= 0.6 is 11.6 Å². The summed E-state index contributed by atoms with van der Waals surface area (Å²) in [4.78, 5) is 17.8. The number of pyridine rings is 1. The molecule has 2 aromatic rings. The van der Waals surface area contributed by atoms with Crippen LogP contribution in [0.25, 0.3) is 0 Å². The van der Waals surface area contributed by atoms with Crippen molar-refractivity contribution in [2.45, 2.75) is 92.8 Å². The highest BCUT2D eigenvalue weighted by molar-refractivity contribution is 7.89. The molecule has 1 aliphatic carbocycles. The Hall–Kier alpha value is -2.47. The predicted molar refractivity (Wildman–Crippen MR) is 155 cm³/mol. The van der Waals surface area contributed by atoms with Crippen LogP contribution in [0.2, 0.25) is 5.02 Å². The number of aromatic nitrogens is 1. The second kappa shape index (κ2) is 11.9. The van der Waals surface area contributed by atoms with Crippen LogP contribution in [0.4, 0.5) is 9.18 Å². The monoisotopic (exact) mass is 620 g/mol. The van der Waals surface area contributed by atoms with E-state index in [4.69, 9.17) is 16.3 Å². The largest absolute Gasteiger partial charge is 0.619 e. The van der Waals surface area contributed by atoms with Gasteiger partial charge in [0.2, 0.25) is 16.2 Å². The van der Waals surface area contributed by atoms with Crippen molar-refractivity contribution >= 4 is 27.7 Å². The van der Waals surface area contributed by atoms with Gasteiger partial charge in [0, 0.05) is 29.7 Å². The standard InChI is InChI=1S/C30H38ClFN4O5S/c31-23-7-9-26(10-8-23)42(39,40)36-27(22-19-24(32)21-35(38)20-22)5-4-6-28(36)30(13-14-30)41-29(37)34-17-11-25(12-18-34)33-15-2-1-3-16-33/h7-10,19-21,25,27-28H,1-6,11-18H2/t27-,28+/m0/s1. The molecule has 0 radical (unpaired) electrons. The number of piperidine rings is 3. The van der Waals surface area contributed by atoms with Gasteiger partial charge in [0.25, 0.3) is 0 Å². The van der Waals surface area contributed by atoms with Crippen molar-refractivity contribution in [2.75, 3.05) is 26.2 Å². The van der Waals surface area contributed by atoms with Gasteiger partial charge >= 0.3 is 6.09 Å². The van der Waals surface area contributed by atoms with Crippen molar-refractivity contribution in [3.05, 3.63) is 64.3 Å². The van der Waals surface area contributed by atoms with Crippen LogP contribution in [0.15, 0.2) is 47.6 Å². The zero-order valence-corrected chi connectivity index (χ0v) is 25.2. The molecule has 0 spiro atoms. The Bertz CT molecular complexity index is 1370. The number of halogens is 2. The zero-order chi connectivity index (χ0) is 29.5. The number of benzene rings is 1. The van der Waals surface area contributed by atoms with Crippen LogP contribution in [-0.2, 0) is 14.8 Å². The van der Waals surface area contributed by atoms with Crippen molar-refractivity contribution in [1.82, 2.24) is 14.1 Å². The first kappa shape index (κ1) is 29.6. The molecule has 1 amide bonds. The summed E-state index contributed by atoms with van der Waals surface area (Å²) < 4.78 is 50.8. The second-order valence-corrected chi connectivity index (χ2v) is 14.4. The maximum Gasteiger partial charge on any atom is 0.410 e. The molecule has 3 saturated heterocycles. The highest BCUT2D eigenvalue weighted by Gasteiger charge is 2.60.